The van der Waals surface area contributed by atoms with Crippen LogP contribution in [0.2, 0.25) is 0 Å². The summed E-state index contributed by atoms with van der Waals surface area (Å²) in [5.41, 5.74) is -0.451. The molecule has 0 unspecified atom stereocenters. The average Bonchev–Trinajstić information content (AvgIpc) is 3.15. The van der Waals surface area contributed by atoms with Gasteiger partial charge in [0, 0.05) is 18.7 Å². The molecule has 2 N–H and O–H groups in total. The van der Waals surface area contributed by atoms with Crippen molar-refractivity contribution in [3.63, 3.8) is 0 Å². The molecule has 1 atom stereocenters. The topological polar surface area (TPSA) is 93.5 Å². The molecule has 7 nitrogen and oxygen atoms in total. The first-order valence-electron chi connectivity index (χ1n) is 7.74. The second kappa shape index (κ2) is 5.96. The molecule has 1 fully saturated rings. The number of amides is 1. The number of rotatable bonds is 6. The summed E-state index contributed by atoms with van der Waals surface area (Å²) in [6.45, 7) is 7.38. The number of carboxylic acids is 1. The number of hydrogen-bond acceptors (Lipinski definition) is 4. The molecule has 0 aromatic carbocycles. The zero-order chi connectivity index (χ0) is 17.4. The highest BCUT2D eigenvalue weighted by Crippen LogP contribution is 2.41. The van der Waals surface area contributed by atoms with Crippen LogP contribution in [0.15, 0.2) is 6.07 Å². The van der Waals surface area contributed by atoms with Crippen molar-refractivity contribution in [3.8, 4) is 0 Å². The lowest BCUT2D eigenvalue weighted by molar-refractivity contribution is -0.145. The second-order valence-corrected chi connectivity index (χ2v) is 7.34. The fourth-order valence-corrected chi connectivity index (χ4v) is 2.47. The van der Waals surface area contributed by atoms with Gasteiger partial charge in [0.1, 0.15) is 0 Å². The number of carbonyl (C=O) groups excluding carboxylic acids is 1. The van der Waals surface area contributed by atoms with E-state index in [1.165, 1.54) is 14.0 Å². The molecular weight excluding hydrogens is 298 g/mol. The number of ether oxygens (including phenoxy) is 1. The molecule has 2 rings (SSSR count). The zero-order valence-corrected chi connectivity index (χ0v) is 14.3. The number of hydrogen-bond donors (Lipinski definition) is 2. The Labute approximate surface area is 136 Å². The van der Waals surface area contributed by atoms with E-state index in [1.807, 2.05) is 25.5 Å². The molecule has 1 aromatic heterocycles. The van der Waals surface area contributed by atoms with Crippen LogP contribution in [-0.4, -0.2) is 46.0 Å². The van der Waals surface area contributed by atoms with E-state index in [9.17, 15) is 14.7 Å². The summed E-state index contributed by atoms with van der Waals surface area (Å²) in [5.74, 6) is -1.21. The standard InChI is InChI=1S/C16H25N3O4/c1-15(2,3)19-12(10-6-7-10)8-11(18-19)13(20)17-16(4,9-23-5)14(21)22/h8,10H,6-7,9H2,1-5H3,(H,17,20)(H,21,22)/t16-/m1/s1. The Morgan fingerprint density at radius 3 is 2.43 bits per heavy atom. The fourth-order valence-electron chi connectivity index (χ4n) is 2.47. The molecule has 1 aliphatic carbocycles. The Morgan fingerprint density at radius 2 is 2.00 bits per heavy atom. The van der Waals surface area contributed by atoms with Crippen LogP contribution in [-0.2, 0) is 15.1 Å². The molecule has 1 saturated carbocycles. The van der Waals surface area contributed by atoms with Gasteiger partial charge in [0.2, 0.25) is 0 Å². The molecule has 1 heterocycles. The zero-order valence-electron chi connectivity index (χ0n) is 14.3. The van der Waals surface area contributed by atoms with Gasteiger partial charge in [-0.1, -0.05) is 0 Å². The second-order valence-electron chi connectivity index (χ2n) is 7.34. The number of methoxy groups -OCH3 is 1. The Morgan fingerprint density at radius 1 is 1.39 bits per heavy atom. The van der Waals surface area contributed by atoms with Crippen LogP contribution in [0.25, 0.3) is 0 Å². The molecular formula is C16H25N3O4. The van der Waals surface area contributed by atoms with Gasteiger partial charge in [0.25, 0.3) is 5.91 Å². The van der Waals surface area contributed by atoms with Crippen molar-refractivity contribution in [2.75, 3.05) is 13.7 Å². The molecule has 1 amide bonds. The van der Waals surface area contributed by atoms with E-state index in [0.29, 0.717) is 5.92 Å². The highest BCUT2D eigenvalue weighted by atomic mass is 16.5. The third-order valence-electron chi connectivity index (χ3n) is 3.90. The largest absolute Gasteiger partial charge is 0.479 e. The van der Waals surface area contributed by atoms with Crippen molar-refractivity contribution in [3.05, 3.63) is 17.5 Å². The summed E-state index contributed by atoms with van der Waals surface area (Å²) in [6.07, 6.45) is 2.19. The van der Waals surface area contributed by atoms with Crippen molar-refractivity contribution >= 4 is 11.9 Å². The van der Waals surface area contributed by atoms with Gasteiger partial charge < -0.3 is 15.2 Å². The Hall–Kier alpha value is -1.89. The third kappa shape index (κ3) is 3.72. The van der Waals surface area contributed by atoms with Crippen LogP contribution in [0.1, 0.15) is 62.6 Å². The summed E-state index contributed by atoms with van der Waals surface area (Å²) in [7, 11) is 1.40. The maximum absolute atomic E-state index is 12.5. The molecule has 0 spiro atoms. The van der Waals surface area contributed by atoms with E-state index < -0.39 is 17.4 Å². The van der Waals surface area contributed by atoms with E-state index >= 15 is 0 Å². The van der Waals surface area contributed by atoms with Gasteiger partial charge >= 0.3 is 5.97 Å². The Bertz CT molecular complexity index is 613. The summed E-state index contributed by atoms with van der Waals surface area (Å²) >= 11 is 0. The predicted molar refractivity (Wildman–Crippen MR) is 84.6 cm³/mol. The SMILES string of the molecule is COC[C@@](C)(NC(=O)c1cc(C2CC2)n(C(C)(C)C)n1)C(=O)O. The van der Waals surface area contributed by atoms with E-state index in [-0.39, 0.29) is 17.8 Å². The quantitative estimate of drug-likeness (QED) is 0.831. The number of aliphatic carboxylic acids is 1. The van der Waals surface area contributed by atoms with Gasteiger partial charge in [0.15, 0.2) is 11.2 Å². The number of carbonyl (C=O) groups is 2. The van der Waals surface area contributed by atoms with Crippen molar-refractivity contribution in [2.45, 2.75) is 57.5 Å². The minimum Gasteiger partial charge on any atom is -0.479 e. The van der Waals surface area contributed by atoms with E-state index in [4.69, 9.17) is 4.74 Å². The predicted octanol–water partition coefficient (Wildman–Crippen LogP) is 1.74. The molecule has 1 aliphatic rings. The van der Waals surface area contributed by atoms with Gasteiger partial charge in [-0.05, 0) is 46.6 Å². The lowest BCUT2D eigenvalue weighted by Gasteiger charge is -2.25. The number of nitrogens with zero attached hydrogens (tertiary/aromatic N) is 2. The molecule has 0 radical (unpaired) electrons. The van der Waals surface area contributed by atoms with Gasteiger partial charge in [0.05, 0.1) is 12.1 Å². The minimum atomic E-state index is -1.49. The maximum atomic E-state index is 12.5. The molecule has 0 bridgehead atoms. The van der Waals surface area contributed by atoms with Crippen molar-refractivity contribution in [2.24, 2.45) is 0 Å². The first-order valence-corrected chi connectivity index (χ1v) is 7.74. The van der Waals surface area contributed by atoms with Crippen LogP contribution < -0.4 is 5.32 Å². The lowest BCUT2D eigenvalue weighted by Crippen LogP contribution is -2.55. The van der Waals surface area contributed by atoms with Crippen LogP contribution in [0.3, 0.4) is 0 Å². The lowest BCUT2D eigenvalue weighted by atomic mass is 10.0. The van der Waals surface area contributed by atoms with Crippen LogP contribution in [0.5, 0.6) is 0 Å². The normalized spacial score (nSPS) is 17.6. The molecule has 1 aromatic rings. The van der Waals surface area contributed by atoms with Gasteiger partial charge in [-0.25, -0.2) is 4.79 Å². The van der Waals surface area contributed by atoms with E-state index in [2.05, 4.69) is 10.4 Å². The van der Waals surface area contributed by atoms with Crippen LogP contribution in [0.4, 0.5) is 0 Å². The Kier molecular flexibility index (Phi) is 4.52. The molecule has 0 aliphatic heterocycles. The fraction of sp³-hybridized carbons (Fsp3) is 0.688. The van der Waals surface area contributed by atoms with E-state index in [0.717, 1.165) is 18.5 Å². The van der Waals surface area contributed by atoms with Crippen molar-refractivity contribution < 1.29 is 19.4 Å². The molecule has 23 heavy (non-hydrogen) atoms. The van der Waals surface area contributed by atoms with Crippen molar-refractivity contribution in [1.82, 2.24) is 15.1 Å². The summed E-state index contributed by atoms with van der Waals surface area (Å²) in [4.78, 5) is 23.9. The number of aromatic nitrogens is 2. The first-order chi connectivity index (χ1) is 10.6. The Balaban J connectivity index is 2.28. The maximum Gasteiger partial charge on any atom is 0.331 e. The summed E-state index contributed by atoms with van der Waals surface area (Å²) < 4.78 is 6.78. The number of carboxylic acid groups (broad SMARTS) is 1. The molecule has 7 heteroatoms. The average molecular weight is 323 g/mol. The first kappa shape index (κ1) is 17.5. The number of nitrogens with one attached hydrogen (secondary N) is 1. The molecule has 128 valence electrons. The highest BCUT2D eigenvalue weighted by Gasteiger charge is 2.37. The van der Waals surface area contributed by atoms with Gasteiger partial charge in [-0.15, -0.1) is 0 Å². The van der Waals surface area contributed by atoms with Gasteiger partial charge in [-0.3, -0.25) is 9.48 Å². The smallest absolute Gasteiger partial charge is 0.331 e. The molecule has 0 saturated heterocycles. The van der Waals surface area contributed by atoms with Crippen molar-refractivity contribution in [1.29, 1.82) is 0 Å². The third-order valence-corrected chi connectivity index (χ3v) is 3.90. The van der Waals surface area contributed by atoms with Crippen LogP contribution >= 0.6 is 0 Å². The monoisotopic (exact) mass is 323 g/mol. The van der Waals surface area contributed by atoms with Gasteiger partial charge in [-0.2, -0.15) is 5.10 Å². The highest BCUT2D eigenvalue weighted by molar-refractivity contribution is 5.96. The summed E-state index contributed by atoms with van der Waals surface area (Å²) in [5, 5.41) is 16.3. The minimum absolute atomic E-state index is 0.121. The summed E-state index contributed by atoms with van der Waals surface area (Å²) in [6, 6.07) is 1.77. The van der Waals surface area contributed by atoms with E-state index in [1.54, 1.807) is 6.07 Å². The van der Waals surface area contributed by atoms with Crippen LogP contribution in [0, 0.1) is 0 Å².